The molecule has 82 valence electrons. The van der Waals surface area contributed by atoms with E-state index >= 15 is 0 Å². The van der Waals surface area contributed by atoms with Gasteiger partial charge in [0, 0.05) is 45.8 Å². The zero-order valence-electron chi connectivity index (χ0n) is 9.31. The van der Waals surface area contributed by atoms with Crippen LogP contribution in [0.1, 0.15) is 19.8 Å². The van der Waals surface area contributed by atoms with Crippen molar-refractivity contribution in [2.45, 2.75) is 19.8 Å². The van der Waals surface area contributed by atoms with Crippen molar-refractivity contribution in [3.05, 3.63) is 0 Å². The summed E-state index contributed by atoms with van der Waals surface area (Å²) in [7, 11) is 0. The van der Waals surface area contributed by atoms with Crippen molar-refractivity contribution >= 4 is 0 Å². The quantitative estimate of drug-likeness (QED) is 0.620. The first-order chi connectivity index (χ1) is 6.79. The fraction of sp³-hybridized carbons (Fsp3) is 1.00. The van der Waals surface area contributed by atoms with Gasteiger partial charge in [-0.1, -0.05) is 6.92 Å². The van der Waals surface area contributed by atoms with Crippen molar-refractivity contribution in [3.8, 4) is 0 Å². The molecule has 0 radical (unpaired) electrons. The molecular weight excluding hydrogens is 174 g/mol. The van der Waals surface area contributed by atoms with E-state index in [1.807, 2.05) is 0 Å². The van der Waals surface area contributed by atoms with Gasteiger partial charge < -0.3 is 10.6 Å². The average Bonchev–Trinajstić information content (AvgIpc) is 2.94. The second-order valence-corrected chi connectivity index (χ2v) is 5.08. The Morgan fingerprint density at radius 1 is 1.29 bits per heavy atom. The zero-order valence-corrected chi connectivity index (χ0v) is 9.31. The smallest absolute Gasteiger partial charge is 0.0108 e. The molecule has 14 heavy (non-hydrogen) atoms. The van der Waals surface area contributed by atoms with Gasteiger partial charge in [0.05, 0.1) is 0 Å². The van der Waals surface area contributed by atoms with Gasteiger partial charge in [0.15, 0.2) is 0 Å². The summed E-state index contributed by atoms with van der Waals surface area (Å²) < 4.78 is 0. The summed E-state index contributed by atoms with van der Waals surface area (Å²) in [5.74, 6) is 0. The second-order valence-electron chi connectivity index (χ2n) is 5.08. The Morgan fingerprint density at radius 2 is 2.00 bits per heavy atom. The summed E-state index contributed by atoms with van der Waals surface area (Å²) in [5.41, 5.74) is 0.656. The van der Waals surface area contributed by atoms with Crippen LogP contribution in [0.4, 0.5) is 0 Å². The molecule has 2 N–H and O–H groups in total. The lowest BCUT2D eigenvalue weighted by Crippen LogP contribution is -2.46. The molecule has 0 aromatic heterocycles. The van der Waals surface area contributed by atoms with Crippen molar-refractivity contribution < 1.29 is 0 Å². The molecule has 0 aromatic carbocycles. The molecule has 2 aliphatic rings. The predicted molar refractivity (Wildman–Crippen MR) is 59.5 cm³/mol. The van der Waals surface area contributed by atoms with E-state index in [-0.39, 0.29) is 0 Å². The molecule has 1 heterocycles. The van der Waals surface area contributed by atoms with Gasteiger partial charge in [-0.25, -0.2) is 0 Å². The summed E-state index contributed by atoms with van der Waals surface area (Å²) in [6, 6.07) is 0. The lowest BCUT2D eigenvalue weighted by atomic mass is 10.1. The number of nitrogens with zero attached hydrogens (tertiary/aromatic N) is 1. The molecule has 0 atom stereocenters. The number of nitrogens with one attached hydrogen (secondary N) is 2. The molecule has 3 heteroatoms. The van der Waals surface area contributed by atoms with Gasteiger partial charge >= 0.3 is 0 Å². The highest BCUT2D eigenvalue weighted by Crippen LogP contribution is 2.43. The second kappa shape index (κ2) is 4.60. The molecule has 3 nitrogen and oxygen atoms in total. The van der Waals surface area contributed by atoms with Crippen molar-refractivity contribution in [1.82, 2.24) is 15.5 Å². The van der Waals surface area contributed by atoms with Gasteiger partial charge in [-0.3, -0.25) is 4.90 Å². The highest BCUT2D eigenvalue weighted by molar-refractivity contribution is 4.90. The molecule has 2 fully saturated rings. The van der Waals surface area contributed by atoms with Crippen LogP contribution in [0.5, 0.6) is 0 Å². The zero-order chi connectivity index (χ0) is 9.86. The Kier molecular flexibility index (Phi) is 3.42. The van der Waals surface area contributed by atoms with Crippen molar-refractivity contribution in [1.29, 1.82) is 0 Å². The fourth-order valence-electron chi connectivity index (χ4n) is 1.95. The third-order valence-corrected chi connectivity index (χ3v) is 3.47. The van der Waals surface area contributed by atoms with Gasteiger partial charge in [0.2, 0.25) is 0 Å². The summed E-state index contributed by atoms with van der Waals surface area (Å²) in [5, 5.41) is 6.95. The molecule has 1 aliphatic carbocycles. The molecule has 1 saturated carbocycles. The Bertz CT molecular complexity index is 171. The van der Waals surface area contributed by atoms with Crippen LogP contribution in [0, 0.1) is 5.41 Å². The molecule has 0 amide bonds. The van der Waals surface area contributed by atoms with E-state index in [2.05, 4.69) is 22.5 Å². The minimum Gasteiger partial charge on any atom is -0.315 e. The van der Waals surface area contributed by atoms with Gasteiger partial charge in [0.25, 0.3) is 0 Å². The minimum atomic E-state index is 0.656. The van der Waals surface area contributed by atoms with Crippen LogP contribution in [0.3, 0.4) is 0 Å². The molecule has 0 aromatic rings. The summed E-state index contributed by atoms with van der Waals surface area (Å²) in [4.78, 5) is 2.54. The number of rotatable bonds is 5. The maximum Gasteiger partial charge on any atom is 0.0108 e. The fourth-order valence-corrected chi connectivity index (χ4v) is 1.95. The monoisotopic (exact) mass is 197 g/mol. The van der Waals surface area contributed by atoms with Gasteiger partial charge in [-0.2, -0.15) is 0 Å². The molecular formula is C11H23N3. The van der Waals surface area contributed by atoms with Crippen LogP contribution in [0.15, 0.2) is 0 Å². The van der Waals surface area contributed by atoms with Crippen LogP contribution < -0.4 is 10.6 Å². The van der Waals surface area contributed by atoms with Crippen molar-refractivity contribution in [3.63, 3.8) is 0 Å². The van der Waals surface area contributed by atoms with Gasteiger partial charge in [-0.15, -0.1) is 0 Å². The molecule has 0 spiro atoms. The van der Waals surface area contributed by atoms with E-state index in [0.29, 0.717) is 5.41 Å². The molecule has 1 saturated heterocycles. The maximum absolute atomic E-state index is 3.57. The lowest BCUT2D eigenvalue weighted by Gasteiger charge is -2.27. The lowest BCUT2D eigenvalue weighted by molar-refractivity contribution is 0.239. The third kappa shape index (κ3) is 3.23. The Hall–Kier alpha value is -0.120. The average molecular weight is 197 g/mol. The highest BCUT2D eigenvalue weighted by atomic mass is 15.2. The summed E-state index contributed by atoms with van der Waals surface area (Å²) in [6.45, 7) is 10.8. The summed E-state index contributed by atoms with van der Waals surface area (Å²) in [6.07, 6.45) is 2.85. The summed E-state index contributed by atoms with van der Waals surface area (Å²) >= 11 is 0. The Labute approximate surface area is 87.2 Å². The first kappa shape index (κ1) is 10.4. The van der Waals surface area contributed by atoms with Crippen molar-refractivity contribution in [2.75, 3.05) is 45.8 Å². The number of hydrogen-bond donors (Lipinski definition) is 2. The first-order valence-corrected chi connectivity index (χ1v) is 5.92. The predicted octanol–water partition coefficient (Wildman–Crippen LogP) is 0.281. The Balaban J connectivity index is 1.49. The number of piperazine rings is 1. The standard InChI is InChI=1S/C11H23N3/c1-11(2-3-11)10-13-6-9-14-7-4-12-5-8-14/h12-13H,2-10H2,1H3. The minimum absolute atomic E-state index is 0.656. The van der Waals surface area contributed by atoms with E-state index in [1.54, 1.807) is 0 Å². The third-order valence-electron chi connectivity index (χ3n) is 3.47. The highest BCUT2D eigenvalue weighted by Gasteiger charge is 2.36. The van der Waals surface area contributed by atoms with Crippen LogP contribution in [0.25, 0.3) is 0 Å². The Morgan fingerprint density at radius 3 is 2.64 bits per heavy atom. The van der Waals surface area contributed by atoms with E-state index < -0.39 is 0 Å². The van der Waals surface area contributed by atoms with Crippen LogP contribution >= 0.6 is 0 Å². The van der Waals surface area contributed by atoms with E-state index in [1.165, 1.54) is 39.0 Å². The molecule has 2 rings (SSSR count). The topological polar surface area (TPSA) is 27.3 Å². The van der Waals surface area contributed by atoms with Gasteiger partial charge in [0.1, 0.15) is 0 Å². The van der Waals surface area contributed by atoms with Crippen LogP contribution in [0.2, 0.25) is 0 Å². The molecule has 1 aliphatic heterocycles. The van der Waals surface area contributed by atoms with E-state index in [0.717, 1.165) is 19.6 Å². The first-order valence-electron chi connectivity index (χ1n) is 5.92. The van der Waals surface area contributed by atoms with Crippen LogP contribution in [-0.2, 0) is 0 Å². The van der Waals surface area contributed by atoms with Crippen molar-refractivity contribution in [2.24, 2.45) is 5.41 Å². The van der Waals surface area contributed by atoms with Crippen LogP contribution in [-0.4, -0.2) is 50.7 Å². The van der Waals surface area contributed by atoms with E-state index in [4.69, 9.17) is 0 Å². The number of hydrogen-bond acceptors (Lipinski definition) is 3. The van der Waals surface area contributed by atoms with Gasteiger partial charge in [-0.05, 0) is 18.3 Å². The maximum atomic E-state index is 3.57. The molecule has 0 bridgehead atoms. The normalized spacial score (nSPS) is 26.4. The van der Waals surface area contributed by atoms with E-state index in [9.17, 15) is 0 Å². The largest absolute Gasteiger partial charge is 0.315 e. The SMILES string of the molecule is CC1(CNCCN2CCNCC2)CC1. The molecule has 0 unspecified atom stereocenters.